The first kappa shape index (κ1) is 32.7. The largest absolute Gasteiger partial charge is 0.456 e. The Morgan fingerprint density at radius 1 is 0.351 bits per heavy atom. The Morgan fingerprint density at radius 2 is 0.807 bits per heavy atom. The molecule has 4 heterocycles. The molecule has 0 atom stereocenters. The summed E-state index contributed by atoms with van der Waals surface area (Å²) in [5.41, 5.74) is 13.7. The first-order valence-corrected chi connectivity index (χ1v) is 18.9. The number of rotatable bonds is 6. The second-order valence-corrected chi connectivity index (χ2v) is 14.4. The molecule has 0 fully saturated rings. The Balaban J connectivity index is 1.11. The molecule has 0 aliphatic rings. The van der Waals surface area contributed by atoms with Gasteiger partial charge < -0.3 is 8.83 Å². The molecule has 0 aliphatic carbocycles. The van der Waals surface area contributed by atoms with E-state index in [-0.39, 0.29) is 0 Å². The average molecular weight is 733 g/mol. The topological polar surface area (TPSA) is 77.8 Å². The van der Waals surface area contributed by atoms with E-state index in [0.29, 0.717) is 17.5 Å². The molecule has 0 radical (unpaired) electrons. The van der Waals surface area contributed by atoms with Gasteiger partial charge in [-0.3, -0.25) is 4.98 Å². The molecule has 6 nitrogen and oxygen atoms in total. The summed E-state index contributed by atoms with van der Waals surface area (Å²) in [4.78, 5) is 19.7. The number of nitrogens with zero attached hydrogens (tertiary/aromatic N) is 4. The summed E-state index contributed by atoms with van der Waals surface area (Å²) in [6.07, 6.45) is 3.73. The minimum atomic E-state index is 0.582. The molecular weight excluding hydrogens is 701 g/mol. The number of fused-ring (bicyclic) bond motifs is 6. The van der Waals surface area contributed by atoms with Crippen LogP contribution in [0.4, 0.5) is 0 Å². The van der Waals surface area contributed by atoms with Gasteiger partial charge in [0.15, 0.2) is 17.5 Å². The van der Waals surface area contributed by atoms with Gasteiger partial charge in [0, 0.05) is 56.2 Å². The van der Waals surface area contributed by atoms with Gasteiger partial charge in [-0.2, -0.15) is 0 Å². The lowest BCUT2D eigenvalue weighted by Gasteiger charge is -2.13. The zero-order chi connectivity index (χ0) is 37.9. The monoisotopic (exact) mass is 732 g/mol. The molecule has 268 valence electrons. The van der Waals surface area contributed by atoms with Gasteiger partial charge in [0.05, 0.1) is 0 Å². The number of hydrogen-bond donors (Lipinski definition) is 0. The van der Waals surface area contributed by atoms with E-state index in [0.717, 1.165) is 93.9 Å². The van der Waals surface area contributed by atoms with Gasteiger partial charge in [-0.05, 0) is 101 Å². The second kappa shape index (κ2) is 13.3. The average Bonchev–Trinajstić information content (AvgIpc) is 3.84. The maximum Gasteiger partial charge on any atom is 0.164 e. The van der Waals surface area contributed by atoms with Crippen molar-refractivity contribution in [2.75, 3.05) is 0 Å². The lowest BCUT2D eigenvalue weighted by Crippen LogP contribution is -2.00. The highest BCUT2D eigenvalue weighted by Crippen LogP contribution is 2.39. The Bertz CT molecular complexity index is 3180. The third-order valence-corrected chi connectivity index (χ3v) is 10.8. The molecule has 57 heavy (non-hydrogen) atoms. The van der Waals surface area contributed by atoms with Crippen LogP contribution in [0.15, 0.2) is 185 Å². The lowest BCUT2D eigenvalue weighted by molar-refractivity contribution is 0.668. The Labute approximate surface area is 327 Å². The fraction of sp³-hybridized carbons (Fsp3) is 0.0196. The van der Waals surface area contributed by atoms with Gasteiger partial charge in [-0.25, -0.2) is 15.0 Å². The van der Waals surface area contributed by atoms with E-state index in [1.54, 1.807) is 0 Å². The first-order valence-electron chi connectivity index (χ1n) is 18.9. The van der Waals surface area contributed by atoms with E-state index in [2.05, 4.69) is 115 Å². The van der Waals surface area contributed by atoms with Crippen LogP contribution in [-0.2, 0) is 0 Å². The number of aryl methyl sites for hydroxylation is 1. The van der Waals surface area contributed by atoms with Crippen LogP contribution in [0.5, 0.6) is 0 Å². The molecule has 0 saturated carbocycles. The fourth-order valence-electron chi connectivity index (χ4n) is 7.82. The highest BCUT2D eigenvalue weighted by atomic mass is 16.3. The number of benzene rings is 7. The summed E-state index contributed by atoms with van der Waals surface area (Å²) in [6.45, 7) is 2.10. The zero-order valence-corrected chi connectivity index (χ0v) is 30.8. The SMILES string of the molecule is Cc1ccncc1-c1ccc(-c2nc(-c3ccccc3)nc(-c3cc(-c4ccc5oc6ccccc6c5c4)cc(-c4ccc5oc6ccccc6c5c4)c3)n2)cc1. The van der Waals surface area contributed by atoms with Crippen molar-refractivity contribution in [1.29, 1.82) is 0 Å². The standard InChI is InChI=1S/C51H32N4O2/c1-31-23-24-52-30-44(31)32-15-17-34(18-16-32)50-53-49(33-9-3-2-4-10-33)54-51(55-50)39-26-37(35-19-21-47-42(28-35)40-11-5-7-13-45(40)56-47)25-38(27-39)36-20-22-48-43(29-36)41-12-6-8-14-46(41)57-48/h2-30H,1H3. The Kier molecular flexibility index (Phi) is 7.60. The van der Waals surface area contributed by atoms with Crippen LogP contribution >= 0.6 is 0 Å². The fourth-order valence-corrected chi connectivity index (χ4v) is 7.82. The molecule has 4 aromatic heterocycles. The van der Waals surface area contributed by atoms with Crippen LogP contribution < -0.4 is 0 Å². The van der Waals surface area contributed by atoms with Crippen LogP contribution in [0.3, 0.4) is 0 Å². The van der Waals surface area contributed by atoms with Gasteiger partial charge in [-0.1, -0.05) is 103 Å². The lowest BCUT2D eigenvalue weighted by atomic mass is 9.94. The number of furan rings is 2. The number of hydrogen-bond acceptors (Lipinski definition) is 6. The van der Waals surface area contributed by atoms with Crippen molar-refractivity contribution < 1.29 is 8.83 Å². The molecule has 11 rings (SSSR count). The molecule has 0 saturated heterocycles. The third-order valence-electron chi connectivity index (χ3n) is 10.8. The molecule has 11 aromatic rings. The molecule has 0 bridgehead atoms. The maximum atomic E-state index is 6.21. The highest BCUT2D eigenvalue weighted by molar-refractivity contribution is 6.07. The van der Waals surface area contributed by atoms with Crippen molar-refractivity contribution in [2.45, 2.75) is 6.92 Å². The van der Waals surface area contributed by atoms with Crippen LogP contribution in [0.1, 0.15) is 5.56 Å². The molecule has 0 unspecified atom stereocenters. The van der Waals surface area contributed by atoms with Gasteiger partial charge in [0.1, 0.15) is 22.3 Å². The predicted octanol–water partition coefficient (Wildman–Crippen LogP) is 13.4. The highest BCUT2D eigenvalue weighted by Gasteiger charge is 2.17. The van der Waals surface area contributed by atoms with Crippen molar-refractivity contribution in [3.05, 3.63) is 182 Å². The Hall–Kier alpha value is -7.70. The normalized spacial score (nSPS) is 11.6. The summed E-state index contributed by atoms with van der Waals surface area (Å²) in [7, 11) is 0. The molecule has 0 amide bonds. The van der Waals surface area contributed by atoms with Crippen molar-refractivity contribution in [3.63, 3.8) is 0 Å². The van der Waals surface area contributed by atoms with Crippen LogP contribution in [-0.4, -0.2) is 19.9 Å². The first-order chi connectivity index (χ1) is 28.1. The second-order valence-electron chi connectivity index (χ2n) is 14.4. The molecule has 0 N–H and O–H groups in total. The minimum absolute atomic E-state index is 0.582. The molecule has 0 spiro atoms. The third kappa shape index (κ3) is 5.83. The van der Waals surface area contributed by atoms with E-state index >= 15 is 0 Å². The van der Waals surface area contributed by atoms with Crippen molar-refractivity contribution in [3.8, 4) is 67.5 Å². The number of pyridine rings is 1. The summed E-state index contributed by atoms with van der Waals surface area (Å²) in [5, 5.41) is 4.31. The van der Waals surface area contributed by atoms with Crippen molar-refractivity contribution >= 4 is 43.9 Å². The number of aromatic nitrogens is 4. The van der Waals surface area contributed by atoms with E-state index in [1.807, 2.05) is 73.1 Å². The molecule has 7 aromatic carbocycles. The van der Waals surface area contributed by atoms with Gasteiger partial charge in [-0.15, -0.1) is 0 Å². The predicted molar refractivity (Wildman–Crippen MR) is 230 cm³/mol. The van der Waals surface area contributed by atoms with Gasteiger partial charge >= 0.3 is 0 Å². The summed E-state index contributed by atoms with van der Waals surface area (Å²) in [5.74, 6) is 1.78. The summed E-state index contributed by atoms with van der Waals surface area (Å²) < 4.78 is 12.4. The molecule has 0 aliphatic heterocycles. The smallest absolute Gasteiger partial charge is 0.164 e. The molecule has 6 heteroatoms. The van der Waals surface area contributed by atoms with Crippen molar-refractivity contribution in [1.82, 2.24) is 19.9 Å². The maximum absolute atomic E-state index is 6.21. The van der Waals surface area contributed by atoms with E-state index < -0.39 is 0 Å². The van der Waals surface area contributed by atoms with Gasteiger partial charge in [0.2, 0.25) is 0 Å². The summed E-state index contributed by atoms with van der Waals surface area (Å²) >= 11 is 0. The van der Waals surface area contributed by atoms with Crippen molar-refractivity contribution in [2.24, 2.45) is 0 Å². The summed E-state index contributed by atoms with van der Waals surface area (Å²) in [6, 6.07) is 56.3. The minimum Gasteiger partial charge on any atom is -0.456 e. The van der Waals surface area contributed by atoms with Crippen LogP contribution in [0.2, 0.25) is 0 Å². The van der Waals surface area contributed by atoms with Crippen LogP contribution in [0.25, 0.3) is 111 Å². The number of para-hydroxylation sites is 2. The quantitative estimate of drug-likeness (QED) is 0.169. The van der Waals surface area contributed by atoms with Gasteiger partial charge in [0.25, 0.3) is 0 Å². The van der Waals surface area contributed by atoms with E-state index in [1.165, 1.54) is 5.56 Å². The Morgan fingerprint density at radius 3 is 1.39 bits per heavy atom. The zero-order valence-electron chi connectivity index (χ0n) is 30.8. The van der Waals surface area contributed by atoms with E-state index in [4.69, 9.17) is 23.8 Å². The molecular formula is C51H32N4O2. The van der Waals surface area contributed by atoms with Crippen LogP contribution in [0, 0.1) is 6.92 Å². The van der Waals surface area contributed by atoms with E-state index in [9.17, 15) is 0 Å².